The summed E-state index contributed by atoms with van der Waals surface area (Å²) >= 11 is 5.09. The fraction of sp³-hybridized carbons (Fsp3) is 0.278. The summed E-state index contributed by atoms with van der Waals surface area (Å²) in [5.41, 5.74) is 8.98. The van der Waals surface area contributed by atoms with Crippen molar-refractivity contribution in [2.24, 2.45) is 5.73 Å². The van der Waals surface area contributed by atoms with E-state index in [0.29, 0.717) is 16.7 Å². The van der Waals surface area contributed by atoms with Gasteiger partial charge < -0.3 is 10.5 Å². The molecule has 0 fully saturated rings. The number of thiocarbonyl (C=S) groups is 1. The third-order valence-electron chi connectivity index (χ3n) is 3.69. The molecule has 2 N–H and O–H groups in total. The largest absolute Gasteiger partial charge is 0.457 e. The fourth-order valence-electron chi connectivity index (χ4n) is 2.15. The van der Waals surface area contributed by atoms with Gasteiger partial charge in [0.1, 0.15) is 16.5 Å². The average molecular weight is 299 g/mol. The lowest BCUT2D eigenvalue weighted by Gasteiger charge is -2.13. The van der Waals surface area contributed by atoms with Crippen LogP contribution in [0.1, 0.15) is 42.9 Å². The zero-order valence-electron chi connectivity index (χ0n) is 12.7. The van der Waals surface area contributed by atoms with Crippen LogP contribution in [0.5, 0.6) is 11.5 Å². The molecule has 2 aromatic carbocycles. The van der Waals surface area contributed by atoms with Gasteiger partial charge in [0.05, 0.1) is 5.56 Å². The van der Waals surface area contributed by atoms with Crippen LogP contribution in [0.4, 0.5) is 0 Å². The molecule has 0 amide bonds. The molecule has 0 aromatic heterocycles. The second kappa shape index (κ2) is 6.72. The Morgan fingerprint density at radius 1 is 1.19 bits per heavy atom. The first-order chi connectivity index (χ1) is 10.0. The molecule has 0 saturated heterocycles. The second-order valence-corrected chi connectivity index (χ2v) is 5.78. The maximum atomic E-state index is 5.93. The van der Waals surface area contributed by atoms with Crippen LogP contribution in [0.25, 0.3) is 0 Å². The van der Waals surface area contributed by atoms with Crippen molar-refractivity contribution >= 4 is 17.2 Å². The summed E-state index contributed by atoms with van der Waals surface area (Å²) in [6.45, 7) is 6.42. The van der Waals surface area contributed by atoms with Crippen LogP contribution >= 0.6 is 12.2 Å². The maximum Gasteiger partial charge on any atom is 0.137 e. The Balaban J connectivity index is 2.24. The van der Waals surface area contributed by atoms with Gasteiger partial charge in [-0.25, -0.2) is 0 Å². The normalized spacial score (nSPS) is 12.0. The van der Waals surface area contributed by atoms with Crippen molar-refractivity contribution in [1.82, 2.24) is 0 Å². The van der Waals surface area contributed by atoms with Crippen molar-refractivity contribution in [3.63, 3.8) is 0 Å². The van der Waals surface area contributed by atoms with E-state index >= 15 is 0 Å². The monoisotopic (exact) mass is 299 g/mol. The summed E-state index contributed by atoms with van der Waals surface area (Å²) in [6.07, 6.45) is 1.13. The zero-order valence-corrected chi connectivity index (χ0v) is 13.5. The molecule has 0 heterocycles. The van der Waals surface area contributed by atoms with E-state index < -0.39 is 0 Å². The van der Waals surface area contributed by atoms with Gasteiger partial charge >= 0.3 is 0 Å². The number of benzene rings is 2. The Morgan fingerprint density at radius 2 is 1.86 bits per heavy atom. The highest BCUT2D eigenvalue weighted by Gasteiger charge is 2.09. The number of hydrogen-bond donors (Lipinski definition) is 1. The summed E-state index contributed by atoms with van der Waals surface area (Å²) < 4.78 is 5.93. The molecule has 1 atom stereocenters. The molecule has 21 heavy (non-hydrogen) atoms. The van der Waals surface area contributed by atoms with Gasteiger partial charge in [0.25, 0.3) is 0 Å². The van der Waals surface area contributed by atoms with Crippen molar-refractivity contribution in [3.05, 3.63) is 59.2 Å². The Kier molecular flexibility index (Phi) is 4.97. The lowest BCUT2D eigenvalue weighted by molar-refractivity contribution is 0.481. The van der Waals surface area contributed by atoms with Crippen LogP contribution in [0.2, 0.25) is 0 Å². The van der Waals surface area contributed by atoms with Crippen molar-refractivity contribution in [2.45, 2.75) is 33.1 Å². The Bertz CT molecular complexity index is 634. The van der Waals surface area contributed by atoms with Gasteiger partial charge in [-0.3, -0.25) is 0 Å². The predicted octanol–water partition coefficient (Wildman–Crippen LogP) is 4.94. The van der Waals surface area contributed by atoms with E-state index in [1.807, 2.05) is 37.3 Å². The molecule has 2 aromatic rings. The van der Waals surface area contributed by atoms with Gasteiger partial charge in [0.15, 0.2) is 0 Å². The molecule has 0 aliphatic carbocycles. The Labute approximate surface area is 131 Å². The molecule has 110 valence electrons. The molecule has 0 radical (unpaired) electrons. The van der Waals surface area contributed by atoms with Crippen molar-refractivity contribution < 1.29 is 4.74 Å². The smallest absolute Gasteiger partial charge is 0.137 e. The fourth-order valence-corrected chi connectivity index (χ4v) is 2.31. The summed E-state index contributed by atoms with van der Waals surface area (Å²) in [6, 6.07) is 14.0. The van der Waals surface area contributed by atoms with Gasteiger partial charge in [0, 0.05) is 0 Å². The van der Waals surface area contributed by atoms with Crippen molar-refractivity contribution in [1.29, 1.82) is 0 Å². The van der Waals surface area contributed by atoms with Gasteiger partial charge in [0.2, 0.25) is 0 Å². The minimum absolute atomic E-state index is 0.352. The molecule has 2 rings (SSSR count). The third-order valence-corrected chi connectivity index (χ3v) is 3.91. The quantitative estimate of drug-likeness (QED) is 0.795. The third kappa shape index (κ3) is 3.82. The van der Waals surface area contributed by atoms with Crippen LogP contribution in [0.15, 0.2) is 42.5 Å². The summed E-state index contributed by atoms with van der Waals surface area (Å²) in [7, 11) is 0. The second-order valence-electron chi connectivity index (χ2n) is 5.34. The molecule has 0 aliphatic heterocycles. The number of aryl methyl sites for hydroxylation is 1. The molecular weight excluding hydrogens is 278 g/mol. The minimum atomic E-state index is 0.352. The highest BCUT2D eigenvalue weighted by Crippen LogP contribution is 2.28. The lowest BCUT2D eigenvalue weighted by atomic mass is 9.99. The van der Waals surface area contributed by atoms with E-state index in [9.17, 15) is 0 Å². The van der Waals surface area contributed by atoms with Crippen LogP contribution in [-0.2, 0) is 0 Å². The van der Waals surface area contributed by atoms with Gasteiger partial charge in [-0.05, 0) is 49.1 Å². The number of rotatable bonds is 5. The first kappa shape index (κ1) is 15.5. The first-order valence-electron chi connectivity index (χ1n) is 7.19. The Morgan fingerprint density at radius 3 is 2.43 bits per heavy atom. The zero-order chi connectivity index (χ0) is 15.4. The average Bonchev–Trinajstić information content (AvgIpc) is 2.49. The van der Waals surface area contributed by atoms with E-state index in [2.05, 4.69) is 26.0 Å². The standard InChI is InChI=1S/C18H21NOS/c1-4-13(3)14-6-8-15(9-7-14)20-17-10-5-12(2)11-16(17)18(19)21/h5-11,13H,4H2,1-3H3,(H2,19,21). The highest BCUT2D eigenvalue weighted by atomic mass is 32.1. The molecule has 3 heteroatoms. The van der Waals surface area contributed by atoms with Gasteiger partial charge in [-0.2, -0.15) is 0 Å². The molecule has 0 bridgehead atoms. The number of hydrogen-bond acceptors (Lipinski definition) is 2. The topological polar surface area (TPSA) is 35.2 Å². The maximum absolute atomic E-state index is 5.93. The van der Waals surface area contributed by atoms with Crippen LogP contribution < -0.4 is 10.5 Å². The van der Waals surface area contributed by atoms with E-state index in [1.165, 1.54) is 5.56 Å². The Hall–Kier alpha value is -1.87. The van der Waals surface area contributed by atoms with Crippen molar-refractivity contribution in [2.75, 3.05) is 0 Å². The summed E-state index contributed by atoms with van der Waals surface area (Å²) in [4.78, 5) is 0.352. The summed E-state index contributed by atoms with van der Waals surface area (Å²) in [5, 5.41) is 0. The summed E-state index contributed by atoms with van der Waals surface area (Å²) in [5.74, 6) is 2.05. The van der Waals surface area contributed by atoms with Crippen LogP contribution in [0.3, 0.4) is 0 Å². The molecule has 0 saturated carbocycles. The van der Waals surface area contributed by atoms with Crippen molar-refractivity contribution in [3.8, 4) is 11.5 Å². The SMILES string of the molecule is CCC(C)c1ccc(Oc2ccc(C)cc2C(N)=S)cc1. The van der Waals surface area contributed by atoms with E-state index in [-0.39, 0.29) is 0 Å². The number of ether oxygens (including phenoxy) is 1. The van der Waals surface area contributed by atoms with Crippen LogP contribution in [0, 0.1) is 6.92 Å². The molecule has 0 spiro atoms. The predicted molar refractivity (Wildman–Crippen MR) is 92.3 cm³/mol. The number of nitrogens with two attached hydrogens (primary N) is 1. The molecule has 2 nitrogen and oxygen atoms in total. The van der Waals surface area contributed by atoms with E-state index in [4.69, 9.17) is 22.7 Å². The molecule has 1 unspecified atom stereocenters. The first-order valence-corrected chi connectivity index (χ1v) is 7.60. The molecular formula is C18H21NOS. The minimum Gasteiger partial charge on any atom is -0.457 e. The van der Waals surface area contributed by atoms with Crippen LogP contribution in [-0.4, -0.2) is 4.99 Å². The van der Waals surface area contributed by atoms with E-state index in [0.717, 1.165) is 23.3 Å². The van der Waals surface area contributed by atoms with Gasteiger partial charge in [-0.1, -0.05) is 49.8 Å². The molecule has 0 aliphatic rings. The lowest BCUT2D eigenvalue weighted by Crippen LogP contribution is -2.11. The van der Waals surface area contributed by atoms with Gasteiger partial charge in [-0.15, -0.1) is 0 Å². The highest BCUT2D eigenvalue weighted by molar-refractivity contribution is 7.80. The van der Waals surface area contributed by atoms with E-state index in [1.54, 1.807) is 0 Å².